The van der Waals surface area contributed by atoms with Crippen LogP contribution in [0.15, 0.2) is 71.7 Å². The molecule has 1 saturated heterocycles. The first-order chi connectivity index (χ1) is 17.1. The molecule has 35 heavy (non-hydrogen) atoms. The standard InChI is InChI=1S/C28H29N3O4/c1-19-18-30(15-16-31(19)26(32)17-20-11-13-21(33-2)14-12-20)28-22-7-6-10-25(34-3)27(22)35-24-9-5-4-8-23(24)29-28/h4-14,19H,15-18H2,1-3H3/t19-/m1/s1. The smallest absolute Gasteiger partial charge is 0.227 e. The minimum atomic E-state index is 0.0330. The largest absolute Gasteiger partial charge is 0.497 e. The van der Waals surface area contributed by atoms with Gasteiger partial charge in [0.15, 0.2) is 17.2 Å². The SMILES string of the molecule is COc1ccc(CC(=O)N2CCN(C3=Nc4ccccc4Oc4c(OC)cccc43)C[C@H]2C)cc1. The van der Waals surface area contributed by atoms with Gasteiger partial charge in [0.1, 0.15) is 17.3 Å². The summed E-state index contributed by atoms with van der Waals surface area (Å²) in [6, 6.07) is 21.3. The van der Waals surface area contributed by atoms with Gasteiger partial charge < -0.3 is 24.0 Å². The Hall–Kier alpha value is -4.00. The predicted octanol–water partition coefficient (Wildman–Crippen LogP) is 4.66. The molecule has 180 valence electrons. The molecule has 0 N–H and O–H groups in total. The van der Waals surface area contributed by atoms with Gasteiger partial charge in [0.05, 0.1) is 26.2 Å². The Bertz CT molecular complexity index is 1260. The van der Waals surface area contributed by atoms with Crippen molar-refractivity contribution in [1.82, 2.24) is 9.80 Å². The van der Waals surface area contributed by atoms with Crippen molar-refractivity contribution in [2.75, 3.05) is 33.9 Å². The quantitative estimate of drug-likeness (QED) is 0.554. The van der Waals surface area contributed by atoms with E-state index in [2.05, 4.69) is 11.8 Å². The average Bonchev–Trinajstić information content (AvgIpc) is 3.05. The summed E-state index contributed by atoms with van der Waals surface area (Å²) in [6.45, 7) is 4.06. The Morgan fingerprint density at radius 3 is 2.54 bits per heavy atom. The van der Waals surface area contributed by atoms with Gasteiger partial charge in [-0.25, -0.2) is 4.99 Å². The molecule has 0 unspecified atom stereocenters. The summed E-state index contributed by atoms with van der Waals surface area (Å²) in [6.07, 6.45) is 0.372. The van der Waals surface area contributed by atoms with Crippen LogP contribution in [0.4, 0.5) is 5.69 Å². The topological polar surface area (TPSA) is 63.6 Å². The van der Waals surface area contributed by atoms with Gasteiger partial charge in [0.2, 0.25) is 5.91 Å². The fourth-order valence-corrected chi connectivity index (χ4v) is 4.66. The Morgan fingerprint density at radius 2 is 1.80 bits per heavy atom. The molecule has 0 saturated carbocycles. The van der Waals surface area contributed by atoms with Crippen LogP contribution in [0, 0.1) is 0 Å². The zero-order valence-electron chi connectivity index (χ0n) is 20.2. The molecule has 7 heteroatoms. The fourth-order valence-electron chi connectivity index (χ4n) is 4.66. The molecule has 7 nitrogen and oxygen atoms in total. The second-order valence-electron chi connectivity index (χ2n) is 8.75. The van der Waals surface area contributed by atoms with Crippen LogP contribution < -0.4 is 14.2 Å². The highest BCUT2D eigenvalue weighted by molar-refractivity contribution is 6.04. The van der Waals surface area contributed by atoms with Gasteiger partial charge >= 0.3 is 0 Å². The van der Waals surface area contributed by atoms with Gasteiger partial charge in [-0.15, -0.1) is 0 Å². The van der Waals surface area contributed by atoms with Gasteiger partial charge in [-0.1, -0.05) is 30.3 Å². The van der Waals surface area contributed by atoms with Crippen LogP contribution in [-0.4, -0.2) is 61.4 Å². The van der Waals surface area contributed by atoms with Crippen LogP contribution in [0.5, 0.6) is 23.0 Å². The van der Waals surface area contributed by atoms with E-state index in [9.17, 15) is 4.79 Å². The van der Waals surface area contributed by atoms with E-state index in [-0.39, 0.29) is 11.9 Å². The van der Waals surface area contributed by atoms with Crippen molar-refractivity contribution in [3.63, 3.8) is 0 Å². The molecule has 1 fully saturated rings. The minimum Gasteiger partial charge on any atom is -0.497 e. The number of amidine groups is 1. The number of ether oxygens (including phenoxy) is 3. The van der Waals surface area contributed by atoms with E-state index < -0.39 is 0 Å². The van der Waals surface area contributed by atoms with E-state index in [1.54, 1.807) is 14.2 Å². The summed E-state index contributed by atoms with van der Waals surface area (Å²) in [7, 11) is 3.28. The molecule has 0 bridgehead atoms. The van der Waals surface area contributed by atoms with Crippen molar-refractivity contribution in [2.45, 2.75) is 19.4 Å². The lowest BCUT2D eigenvalue weighted by Gasteiger charge is -2.41. The number of methoxy groups -OCH3 is 2. The van der Waals surface area contributed by atoms with Crippen LogP contribution >= 0.6 is 0 Å². The molecule has 2 heterocycles. The number of hydrogen-bond acceptors (Lipinski definition) is 6. The summed E-state index contributed by atoms with van der Waals surface area (Å²) >= 11 is 0. The van der Waals surface area contributed by atoms with Crippen molar-refractivity contribution >= 4 is 17.4 Å². The van der Waals surface area contributed by atoms with Crippen LogP contribution in [0.2, 0.25) is 0 Å². The molecule has 3 aromatic carbocycles. The molecule has 2 aliphatic rings. The number of hydrogen-bond donors (Lipinski definition) is 0. The number of amides is 1. The first-order valence-electron chi connectivity index (χ1n) is 11.8. The number of carbonyl (C=O) groups excluding carboxylic acids is 1. The molecule has 0 radical (unpaired) electrons. The first kappa shape index (κ1) is 22.8. The summed E-state index contributed by atoms with van der Waals surface area (Å²) in [5.74, 6) is 3.75. The maximum absolute atomic E-state index is 13.1. The second-order valence-corrected chi connectivity index (χ2v) is 8.75. The van der Waals surface area contributed by atoms with Gasteiger partial charge in [-0.2, -0.15) is 0 Å². The molecule has 1 atom stereocenters. The second kappa shape index (κ2) is 9.70. The van der Waals surface area contributed by atoms with E-state index in [4.69, 9.17) is 19.2 Å². The molecule has 0 aliphatic carbocycles. The van der Waals surface area contributed by atoms with Crippen molar-refractivity contribution in [2.24, 2.45) is 4.99 Å². The number of piperazine rings is 1. The summed E-state index contributed by atoms with van der Waals surface area (Å²) in [5.41, 5.74) is 2.63. The van der Waals surface area contributed by atoms with Crippen LogP contribution in [0.25, 0.3) is 0 Å². The predicted molar refractivity (Wildman–Crippen MR) is 135 cm³/mol. The Labute approximate surface area is 205 Å². The minimum absolute atomic E-state index is 0.0330. The highest BCUT2D eigenvalue weighted by Gasteiger charge is 2.32. The van der Waals surface area contributed by atoms with Crippen molar-refractivity contribution in [3.05, 3.63) is 77.9 Å². The molecule has 3 aromatic rings. The molecular formula is C28H29N3O4. The third kappa shape index (κ3) is 4.54. The number of nitrogens with zero attached hydrogens (tertiary/aromatic N) is 3. The maximum Gasteiger partial charge on any atom is 0.227 e. The van der Waals surface area contributed by atoms with Gasteiger partial charge in [0.25, 0.3) is 0 Å². The zero-order chi connectivity index (χ0) is 24.4. The molecular weight excluding hydrogens is 442 g/mol. The summed E-state index contributed by atoms with van der Waals surface area (Å²) in [4.78, 5) is 22.3. The first-order valence-corrected chi connectivity index (χ1v) is 11.8. The number of para-hydroxylation sites is 3. The van der Waals surface area contributed by atoms with Crippen molar-refractivity contribution in [3.8, 4) is 23.0 Å². The number of benzene rings is 3. The van der Waals surface area contributed by atoms with E-state index in [1.807, 2.05) is 71.6 Å². The van der Waals surface area contributed by atoms with Crippen LogP contribution in [0.1, 0.15) is 18.1 Å². The Balaban J connectivity index is 1.38. The van der Waals surface area contributed by atoms with E-state index in [0.717, 1.165) is 28.4 Å². The number of fused-ring (bicyclic) bond motifs is 2. The lowest BCUT2D eigenvalue weighted by Crippen LogP contribution is -2.55. The Morgan fingerprint density at radius 1 is 1.00 bits per heavy atom. The van der Waals surface area contributed by atoms with Gasteiger partial charge in [0, 0.05) is 25.7 Å². The molecule has 0 spiro atoms. The fraction of sp³-hybridized carbons (Fsp3) is 0.286. The average molecular weight is 472 g/mol. The summed E-state index contributed by atoms with van der Waals surface area (Å²) < 4.78 is 17.1. The number of rotatable bonds is 4. The van der Waals surface area contributed by atoms with Crippen LogP contribution in [0.3, 0.4) is 0 Å². The third-order valence-corrected chi connectivity index (χ3v) is 6.51. The highest BCUT2D eigenvalue weighted by Crippen LogP contribution is 2.42. The van der Waals surface area contributed by atoms with E-state index >= 15 is 0 Å². The molecule has 0 aromatic heterocycles. The van der Waals surface area contributed by atoms with E-state index in [0.29, 0.717) is 43.3 Å². The summed E-state index contributed by atoms with van der Waals surface area (Å²) in [5, 5.41) is 0. The van der Waals surface area contributed by atoms with Gasteiger partial charge in [-0.05, 0) is 48.9 Å². The van der Waals surface area contributed by atoms with Crippen molar-refractivity contribution < 1.29 is 19.0 Å². The molecule has 2 aliphatic heterocycles. The zero-order valence-corrected chi connectivity index (χ0v) is 20.2. The van der Waals surface area contributed by atoms with Gasteiger partial charge in [-0.3, -0.25) is 4.79 Å². The highest BCUT2D eigenvalue weighted by atomic mass is 16.5. The van der Waals surface area contributed by atoms with E-state index in [1.165, 1.54) is 0 Å². The normalized spacial score (nSPS) is 16.9. The third-order valence-electron chi connectivity index (χ3n) is 6.51. The Kier molecular flexibility index (Phi) is 6.31. The van der Waals surface area contributed by atoms with Crippen molar-refractivity contribution in [1.29, 1.82) is 0 Å². The molecule has 1 amide bonds. The van der Waals surface area contributed by atoms with Crippen LogP contribution in [-0.2, 0) is 11.2 Å². The lowest BCUT2D eigenvalue weighted by atomic mass is 10.1. The lowest BCUT2D eigenvalue weighted by molar-refractivity contribution is -0.134. The maximum atomic E-state index is 13.1. The number of aliphatic imine (C=N–C) groups is 1. The monoisotopic (exact) mass is 471 g/mol. The molecule has 5 rings (SSSR count). The number of carbonyl (C=O) groups is 1.